The van der Waals surface area contributed by atoms with Crippen LogP contribution in [0.1, 0.15) is 31.4 Å². The summed E-state index contributed by atoms with van der Waals surface area (Å²) in [6, 6.07) is 12.2. The van der Waals surface area contributed by atoms with E-state index in [2.05, 4.69) is 23.3 Å². The van der Waals surface area contributed by atoms with Crippen molar-refractivity contribution >= 4 is 11.5 Å². The summed E-state index contributed by atoms with van der Waals surface area (Å²) in [4.78, 5) is 12.0. The first-order chi connectivity index (χ1) is 10.7. The van der Waals surface area contributed by atoms with Gasteiger partial charge >= 0.3 is 5.97 Å². The van der Waals surface area contributed by atoms with E-state index in [0.29, 0.717) is 0 Å². The Morgan fingerprint density at radius 3 is 2.64 bits per heavy atom. The first-order valence-electron chi connectivity index (χ1n) is 7.61. The van der Waals surface area contributed by atoms with Gasteiger partial charge in [0.1, 0.15) is 0 Å². The van der Waals surface area contributed by atoms with Crippen molar-refractivity contribution in [1.29, 1.82) is 0 Å². The van der Waals surface area contributed by atoms with Crippen molar-refractivity contribution in [3.05, 3.63) is 47.7 Å². The topological polar surface area (TPSA) is 44.1 Å². The quantitative estimate of drug-likeness (QED) is 0.813. The number of esters is 1. The number of aryl methyl sites for hydroxylation is 1. The molecule has 22 heavy (non-hydrogen) atoms. The summed E-state index contributed by atoms with van der Waals surface area (Å²) in [5.41, 5.74) is 4.89. The summed E-state index contributed by atoms with van der Waals surface area (Å²) in [5.74, 6) is -0.221. The van der Waals surface area contributed by atoms with Gasteiger partial charge in [-0.2, -0.15) is 5.10 Å². The molecule has 0 saturated carbocycles. The number of hydrogen-bond donors (Lipinski definition) is 0. The predicted octanol–water partition coefficient (Wildman–Crippen LogP) is 3.59. The van der Waals surface area contributed by atoms with Crippen molar-refractivity contribution in [3.8, 4) is 11.3 Å². The average Bonchev–Trinajstić information content (AvgIpc) is 2.96. The third-order valence-electron chi connectivity index (χ3n) is 4.16. The second kappa shape index (κ2) is 6.18. The second-order valence-corrected chi connectivity index (χ2v) is 5.56. The Kier molecular flexibility index (Phi) is 4.09. The maximum absolute atomic E-state index is 12.0. The van der Waals surface area contributed by atoms with Crippen LogP contribution in [-0.4, -0.2) is 22.9 Å². The van der Waals surface area contributed by atoms with Gasteiger partial charge in [0.2, 0.25) is 0 Å². The van der Waals surface area contributed by atoms with Gasteiger partial charge in [-0.3, -0.25) is 4.68 Å². The van der Waals surface area contributed by atoms with Gasteiger partial charge in [0.25, 0.3) is 0 Å². The molecule has 2 aromatic rings. The van der Waals surface area contributed by atoms with Crippen LogP contribution in [0.4, 0.5) is 0 Å². The van der Waals surface area contributed by atoms with Crippen molar-refractivity contribution in [2.75, 3.05) is 7.11 Å². The molecule has 0 unspecified atom stereocenters. The summed E-state index contributed by atoms with van der Waals surface area (Å²) in [7, 11) is 3.38. The molecule has 0 fully saturated rings. The molecule has 0 atom stereocenters. The minimum Gasteiger partial charge on any atom is -0.466 e. The van der Waals surface area contributed by atoms with E-state index in [-0.39, 0.29) is 5.97 Å². The molecule has 0 saturated heterocycles. The van der Waals surface area contributed by atoms with E-state index in [4.69, 9.17) is 4.74 Å². The Bertz CT molecular complexity index is 714. The van der Waals surface area contributed by atoms with Crippen molar-refractivity contribution < 1.29 is 9.53 Å². The van der Waals surface area contributed by atoms with Gasteiger partial charge in [0, 0.05) is 12.6 Å². The highest BCUT2D eigenvalue weighted by atomic mass is 16.5. The van der Waals surface area contributed by atoms with E-state index in [1.54, 1.807) is 0 Å². The highest BCUT2D eigenvalue weighted by Crippen LogP contribution is 2.34. The van der Waals surface area contributed by atoms with E-state index in [1.165, 1.54) is 7.11 Å². The number of allylic oxidation sites excluding steroid dienone is 1. The number of benzene rings is 1. The smallest absolute Gasteiger partial charge is 0.334 e. The van der Waals surface area contributed by atoms with E-state index >= 15 is 0 Å². The molecule has 1 aliphatic carbocycles. The van der Waals surface area contributed by atoms with E-state index in [1.807, 2.05) is 29.9 Å². The van der Waals surface area contributed by atoms with Gasteiger partial charge in [-0.05, 0) is 42.9 Å². The fraction of sp³-hybridized carbons (Fsp3) is 0.333. The van der Waals surface area contributed by atoms with Crippen molar-refractivity contribution in [2.45, 2.75) is 25.7 Å². The molecule has 0 bridgehead atoms. The van der Waals surface area contributed by atoms with Crippen LogP contribution in [0, 0.1) is 0 Å². The van der Waals surface area contributed by atoms with Crippen LogP contribution in [-0.2, 0) is 16.6 Å². The van der Waals surface area contributed by atoms with Crippen LogP contribution in [0.2, 0.25) is 0 Å². The van der Waals surface area contributed by atoms with Gasteiger partial charge in [-0.25, -0.2) is 4.79 Å². The summed E-state index contributed by atoms with van der Waals surface area (Å²) in [6.45, 7) is 0. The SMILES string of the molecule is COC(=O)C1=C(c2cc(-c3ccccc3)n(C)n2)CCCC1. The summed E-state index contributed by atoms with van der Waals surface area (Å²) in [5, 5.41) is 4.63. The number of hydrogen-bond acceptors (Lipinski definition) is 3. The van der Waals surface area contributed by atoms with Crippen LogP contribution >= 0.6 is 0 Å². The maximum atomic E-state index is 12.0. The Labute approximate surface area is 130 Å². The zero-order valence-electron chi connectivity index (χ0n) is 13.0. The summed E-state index contributed by atoms with van der Waals surface area (Å²) < 4.78 is 6.81. The lowest BCUT2D eigenvalue weighted by atomic mass is 9.89. The molecule has 0 N–H and O–H groups in total. The van der Waals surface area contributed by atoms with Gasteiger partial charge in [-0.15, -0.1) is 0 Å². The molecular weight excluding hydrogens is 276 g/mol. The lowest BCUT2D eigenvalue weighted by Gasteiger charge is -2.17. The molecule has 0 aliphatic heterocycles. The predicted molar refractivity (Wildman–Crippen MR) is 86.0 cm³/mol. The van der Waals surface area contributed by atoms with E-state index < -0.39 is 0 Å². The normalized spacial score (nSPS) is 15.0. The number of nitrogens with zero attached hydrogens (tertiary/aromatic N) is 2. The molecule has 0 amide bonds. The highest BCUT2D eigenvalue weighted by molar-refractivity contribution is 5.97. The summed E-state index contributed by atoms with van der Waals surface area (Å²) >= 11 is 0. The first kappa shape index (κ1) is 14.6. The minimum atomic E-state index is -0.221. The first-order valence-corrected chi connectivity index (χ1v) is 7.61. The summed E-state index contributed by atoms with van der Waals surface area (Å²) in [6.07, 6.45) is 3.79. The van der Waals surface area contributed by atoms with Crippen molar-refractivity contribution in [3.63, 3.8) is 0 Å². The third-order valence-corrected chi connectivity index (χ3v) is 4.16. The number of aromatic nitrogens is 2. The Hall–Kier alpha value is -2.36. The monoisotopic (exact) mass is 296 g/mol. The lowest BCUT2D eigenvalue weighted by molar-refractivity contribution is -0.136. The number of methoxy groups -OCH3 is 1. The standard InChI is InChI=1S/C18H20N2O2/c1-20-17(13-8-4-3-5-9-13)12-16(19-20)14-10-6-7-11-15(14)18(21)22-2/h3-5,8-9,12H,6-7,10-11H2,1-2H3. The largest absolute Gasteiger partial charge is 0.466 e. The van der Waals surface area contributed by atoms with Crippen molar-refractivity contribution in [2.24, 2.45) is 7.05 Å². The van der Waals surface area contributed by atoms with Crippen LogP contribution in [0.5, 0.6) is 0 Å². The zero-order valence-corrected chi connectivity index (χ0v) is 13.0. The molecule has 114 valence electrons. The Morgan fingerprint density at radius 1 is 1.18 bits per heavy atom. The fourth-order valence-electron chi connectivity index (χ4n) is 3.03. The molecule has 4 heteroatoms. The second-order valence-electron chi connectivity index (χ2n) is 5.56. The minimum absolute atomic E-state index is 0.221. The van der Waals surface area contributed by atoms with E-state index in [0.717, 1.165) is 53.8 Å². The molecule has 3 rings (SSSR count). The molecule has 1 aromatic carbocycles. The number of carbonyl (C=O) groups excluding carboxylic acids is 1. The van der Waals surface area contributed by atoms with Crippen molar-refractivity contribution in [1.82, 2.24) is 9.78 Å². The van der Waals surface area contributed by atoms with Gasteiger partial charge in [0.15, 0.2) is 0 Å². The van der Waals surface area contributed by atoms with Gasteiger partial charge < -0.3 is 4.74 Å². The average molecular weight is 296 g/mol. The van der Waals surface area contributed by atoms with E-state index in [9.17, 15) is 4.79 Å². The van der Waals surface area contributed by atoms with Crippen LogP contribution in [0.15, 0.2) is 42.0 Å². The molecular formula is C18H20N2O2. The molecule has 0 spiro atoms. The van der Waals surface area contributed by atoms with Gasteiger partial charge in [-0.1, -0.05) is 30.3 Å². The van der Waals surface area contributed by atoms with Crippen LogP contribution in [0.25, 0.3) is 16.8 Å². The zero-order chi connectivity index (χ0) is 15.5. The Morgan fingerprint density at radius 2 is 1.91 bits per heavy atom. The lowest BCUT2D eigenvalue weighted by Crippen LogP contribution is -2.11. The molecule has 1 aromatic heterocycles. The van der Waals surface area contributed by atoms with Gasteiger partial charge in [0.05, 0.1) is 18.5 Å². The van der Waals surface area contributed by atoms with Crippen LogP contribution < -0.4 is 0 Å². The number of rotatable bonds is 3. The number of ether oxygens (including phenoxy) is 1. The molecule has 4 nitrogen and oxygen atoms in total. The maximum Gasteiger partial charge on any atom is 0.334 e. The number of carbonyl (C=O) groups is 1. The highest BCUT2D eigenvalue weighted by Gasteiger charge is 2.23. The Balaban J connectivity index is 2.05. The fourth-order valence-corrected chi connectivity index (χ4v) is 3.03. The molecule has 1 heterocycles. The van der Waals surface area contributed by atoms with Crippen LogP contribution in [0.3, 0.4) is 0 Å². The third kappa shape index (κ3) is 2.69. The molecule has 1 aliphatic rings. The molecule has 0 radical (unpaired) electrons.